The van der Waals surface area contributed by atoms with Crippen LogP contribution in [0.15, 0.2) is 24.3 Å². The molecular weight excluding hydrogens is 362 g/mol. The van der Waals surface area contributed by atoms with Gasteiger partial charge in [-0.15, -0.1) is 12.3 Å². The Morgan fingerprint density at radius 3 is 2.42 bits per heavy atom. The number of aliphatic hydroxyl groups is 1. The number of aromatic nitrogens is 1. The number of hydrogen-bond acceptors (Lipinski definition) is 3. The molecule has 0 saturated carbocycles. The van der Waals surface area contributed by atoms with Crippen molar-refractivity contribution in [2.24, 2.45) is 0 Å². The van der Waals surface area contributed by atoms with Gasteiger partial charge in [-0.05, 0) is 17.7 Å². The topological polar surface area (TPSA) is 45.1 Å². The summed E-state index contributed by atoms with van der Waals surface area (Å²) in [6.07, 6.45) is -5.92. The third-order valence-electron chi connectivity index (χ3n) is 3.61. The molecule has 2 N–H and O–H groups in total. The highest BCUT2D eigenvalue weighted by Crippen LogP contribution is 2.38. The van der Waals surface area contributed by atoms with Gasteiger partial charge in [0, 0.05) is 24.9 Å². The number of rotatable bonds is 5. The van der Waals surface area contributed by atoms with Crippen LogP contribution < -0.4 is 5.32 Å². The fourth-order valence-corrected chi connectivity index (χ4v) is 2.43. The van der Waals surface area contributed by atoms with Crippen LogP contribution in [0.4, 0.5) is 26.3 Å². The Morgan fingerprint density at radius 2 is 1.85 bits per heavy atom. The highest BCUT2D eigenvalue weighted by Gasteiger charge is 2.37. The molecular formula is C17H14F6N2O. The van der Waals surface area contributed by atoms with E-state index in [-0.39, 0.29) is 17.5 Å². The first-order valence-electron chi connectivity index (χ1n) is 7.46. The summed E-state index contributed by atoms with van der Waals surface area (Å²) >= 11 is 0. The van der Waals surface area contributed by atoms with E-state index in [0.717, 1.165) is 6.07 Å². The van der Waals surface area contributed by atoms with Gasteiger partial charge in [0.1, 0.15) is 5.69 Å². The molecule has 0 radical (unpaired) electrons. The standard InChI is InChI=1S/C17H14F6N2O/c1-2-3-7-24-9-13(26)11-8-14(17(21,22)23)25-15-10(11)5-4-6-12(15)16(18,19)20/h1,4-6,8,13,24,26H,3,7,9H2. The predicted molar refractivity (Wildman–Crippen MR) is 83.0 cm³/mol. The van der Waals surface area contributed by atoms with Gasteiger partial charge >= 0.3 is 12.4 Å². The van der Waals surface area contributed by atoms with E-state index in [2.05, 4.69) is 16.2 Å². The average molecular weight is 376 g/mol. The number of alkyl halides is 6. The maximum Gasteiger partial charge on any atom is 0.433 e. The van der Waals surface area contributed by atoms with Crippen LogP contribution in [0.25, 0.3) is 10.9 Å². The summed E-state index contributed by atoms with van der Waals surface area (Å²) in [6, 6.07) is 3.46. The van der Waals surface area contributed by atoms with E-state index >= 15 is 0 Å². The van der Waals surface area contributed by atoms with Crippen LogP contribution in [0.2, 0.25) is 0 Å². The Labute approximate surface area is 145 Å². The molecule has 3 nitrogen and oxygen atoms in total. The molecule has 9 heteroatoms. The molecule has 0 fully saturated rings. The van der Waals surface area contributed by atoms with E-state index in [0.29, 0.717) is 25.1 Å². The summed E-state index contributed by atoms with van der Waals surface area (Å²) in [5.74, 6) is 2.34. The Hall–Kier alpha value is -2.31. The minimum Gasteiger partial charge on any atom is -0.387 e. The molecule has 1 aromatic heterocycles. The third kappa shape index (κ3) is 4.45. The lowest BCUT2D eigenvalue weighted by Crippen LogP contribution is -2.23. The van der Waals surface area contributed by atoms with Gasteiger partial charge in [-0.1, -0.05) is 12.1 Å². The van der Waals surface area contributed by atoms with Crippen LogP contribution in [-0.2, 0) is 12.4 Å². The molecule has 26 heavy (non-hydrogen) atoms. The lowest BCUT2D eigenvalue weighted by Gasteiger charge is -2.18. The fourth-order valence-electron chi connectivity index (χ4n) is 2.43. The maximum absolute atomic E-state index is 13.2. The quantitative estimate of drug-likeness (QED) is 0.472. The van der Waals surface area contributed by atoms with Crippen LogP contribution in [0.5, 0.6) is 0 Å². The van der Waals surface area contributed by atoms with Crippen LogP contribution >= 0.6 is 0 Å². The van der Waals surface area contributed by atoms with Gasteiger partial charge in [-0.25, -0.2) is 4.98 Å². The normalized spacial score (nSPS) is 13.6. The van der Waals surface area contributed by atoms with Crippen LogP contribution in [0.1, 0.15) is 29.3 Å². The molecule has 2 rings (SSSR count). The summed E-state index contributed by atoms with van der Waals surface area (Å²) in [6.45, 7) is 0.130. The molecule has 1 atom stereocenters. The summed E-state index contributed by atoms with van der Waals surface area (Å²) in [5, 5.41) is 12.8. The van der Waals surface area contributed by atoms with E-state index in [9.17, 15) is 31.4 Å². The molecule has 0 aliphatic rings. The molecule has 1 aromatic carbocycles. The summed E-state index contributed by atoms with van der Waals surface area (Å²) < 4.78 is 78.7. The number of para-hydroxylation sites is 1. The van der Waals surface area contributed by atoms with Crippen molar-refractivity contribution in [1.29, 1.82) is 0 Å². The minimum absolute atomic E-state index is 0.172. The number of terminal acetylenes is 1. The molecule has 0 spiro atoms. The van der Waals surface area contributed by atoms with Crippen molar-refractivity contribution in [2.75, 3.05) is 13.1 Å². The highest BCUT2D eigenvalue weighted by molar-refractivity contribution is 5.86. The molecule has 1 unspecified atom stereocenters. The highest BCUT2D eigenvalue weighted by atomic mass is 19.4. The predicted octanol–water partition coefficient (Wildman–Crippen LogP) is 3.92. The second kappa shape index (κ2) is 7.51. The Bertz CT molecular complexity index is 823. The first-order chi connectivity index (χ1) is 12.1. The first kappa shape index (κ1) is 20.0. The summed E-state index contributed by atoms with van der Waals surface area (Å²) in [7, 11) is 0. The van der Waals surface area contributed by atoms with Gasteiger partial charge in [-0.3, -0.25) is 0 Å². The molecule has 0 aliphatic heterocycles. The number of nitrogens with one attached hydrogen (secondary N) is 1. The van der Waals surface area contributed by atoms with E-state index in [1.807, 2.05) is 0 Å². The van der Waals surface area contributed by atoms with Gasteiger partial charge in [0.15, 0.2) is 0 Å². The van der Waals surface area contributed by atoms with Crippen LogP contribution in [0.3, 0.4) is 0 Å². The molecule has 0 saturated heterocycles. The van der Waals surface area contributed by atoms with E-state index in [4.69, 9.17) is 6.42 Å². The number of fused-ring (bicyclic) bond motifs is 1. The Balaban J connectivity index is 2.59. The Kier molecular flexibility index (Phi) is 5.78. The molecule has 0 bridgehead atoms. The molecule has 140 valence electrons. The largest absolute Gasteiger partial charge is 0.433 e. The van der Waals surface area contributed by atoms with Crippen molar-refractivity contribution < 1.29 is 31.4 Å². The third-order valence-corrected chi connectivity index (χ3v) is 3.61. The van der Waals surface area contributed by atoms with E-state index < -0.39 is 35.2 Å². The van der Waals surface area contributed by atoms with Crippen molar-refractivity contribution in [2.45, 2.75) is 24.9 Å². The van der Waals surface area contributed by atoms with Gasteiger partial charge < -0.3 is 10.4 Å². The van der Waals surface area contributed by atoms with Crippen molar-refractivity contribution in [3.8, 4) is 12.3 Å². The Morgan fingerprint density at radius 1 is 1.15 bits per heavy atom. The van der Waals surface area contributed by atoms with Gasteiger partial charge in [0.2, 0.25) is 0 Å². The van der Waals surface area contributed by atoms with E-state index in [1.165, 1.54) is 6.07 Å². The molecule has 1 heterocycles. The zero-order valence-corrected chi connectivity index (χ0v) is 13.2. The summed E-state index contributed by atoms with van der Waals surface area (Å²) in [4.78, 5) is 3.16. The number of benzene rings is 1. The fraction of sp³-hybridized carbons (Fsp3) is 0.353. The summed E-state index contributed by atoms with van der Waals surface area (Å²) in [5.41, 5.74) is -3.94. The molecule has 2 aromatic rings. The number of aliphatic hydroxyl groups excluding tert-OH is 1. The number of halogens is 6. The second-order valence-corrected chi connectivity index (χ2v) is 5.47. The smallest absolute Gasteiger partial charge is 0.387 e. The number of pyridine rings is 1. The number of hydrogen-bond donors (Lipinski definition) is 2. The average Bonchev–Trinajstić information content (AvgIpc) is 2.55. The molecule has 0 aliphatic carbocycles. The van der Waals surface area contributed by atoms with Crippen molar-refractivity contribution >= 4 is 10.9 Å². The maximum atomic E-state index is 13.2. The first-order valence-corrected chi connectivity index (χ1v) is 7.46. The minimum atomic E-state index is -4.96. The van der Waals surface area contributed by atoms with E-state index in [1.54, 1.807) is 0 Å². The van der Waals surface area contributed by atoms with Crippen molar-refractivity contribution in [1.82, 2.24) is 10.3 Å². The van der Waals surface area contributed by atoms with Crippen molar-refractivity contribution in [3.63, 3.8) is 0 Å². The lowest BCUT2D eigenvalue weighted by molar-refractivity contribution is -0.142. The van der Waals surface area contributed by atoms with Crippen LogP contribution in [0, 0.1) is 12.3 Å². The van der Waals surface area contributed by atoms with Crippen LogP contribution in [-0.4, -0.2) is 23.2 Å². The zero-order valence-electron chi connectivity index (χ0n) is 13.2. The van der Waals surface area contributed by atoms with Gasteiger partial charge in [0.25, 0.3) is 0 Å². The zero-order chi connectivity index (χ0) is 19.5. The molecule has 0 amide bonds. The van der Waals surface area contributed by atoms with Crippen molar-refractivity contribution in [3.05, 3.63) is 41.1 Å². The number of nitrogens with zero attached hydrogens (tertiary/aromatic N) is 1. The van der Waals surface area contributed by atoms with Gasteiger partial charge in [0.05, 0.1) is 17.2 Å². The van der Waals surface area contributed by atoms with Gasteiger partial charge in [-0.2, -0.15) is 26.3 Å². The second-order valence-electron chi connectivity index (χ2n) is 5.47. The monoisotopic (exact) mass is 376 g/mol. The SMILES string of the molecule is C#CCCNCC(O)c1cc(C(F)(F)F)nc2c(C(F)(F)F)cccc12. The lowest BCUT2D eigenvalue weighted by atomic mass is 9.99.